The molecule has 1 unspecified atom stereocenters. The van der Waals surface area contributed by atoms with Gasteiger partial charge in [0, 0.05) is 43.4 Å². The lowest BCUT2D eigenvalue weighted by molar-refractivity contribution is -0.132. The Morgan fingerprint density at radius 1 is 1.45 bits per heavy atom. The van der Waals surface area contributed by atoms with Crippen LogP contribution in [0.4, 0.5) is 0 Å². The van der Waals surface area contributed by atoms with E-state index in [9.17, 15) is 14.4 Å². The van der Waals surface area contributed by atoms with E-state index in [0.29, 0.717) is 0 Å². The minimum absolute atomic E-state index is 0.0100. The van der Waals surface area contributed by atoms with Crippen molar-refractivity contribution in [2.45, 2.75) is 31.8 Å². The minimum atomic E-state index is -0.488. The zero-order valence-electron chi connectivity index (χ0n) is 11.9. The van der Waals surface area contributed by atoms with E-state index < -0.39 is 11.2 Å². The third-order valence-electron chi connectivity index (χ3n) is 3.77. The maximum atomic E-state index is 12.4. The molecular weight excluding hydrogens is 304 g/mol. The average molecular weight is 320 g/mol. The van der Waals surface area contributed by atoms with Gasteiger partial charge >= 0.3 is 5.69 Å². The molecule has 2 aromatic rings. The largest absolute Gasteiger partial charge is 0.333 e. The highest BCUT2D eigenvalue weighted by Gasteiger charge is 2.31. The molecule has 1 saturated heterocycles. The highest BCUT2D eigenvalue weighted by atomic mass is 32.1. The molecule has 0 radical (unpaired) electrons. The van der Waals surface area contributed by atoms with E-state index >= 15 is 0 Å². The summed E-state index contributed by atoms with van der Waals surface area (Å²) in [6, 6.07) is 1.33. The summed E-state index contributed by atoms with van der Waals surface area (Å²) in [5.74, 6) is 0.0100. The van der Waals surface area contributed by atoms with Crippen LogP contribution < -0.4 is 11.2 Å². The lowest BCUT2D eigenvalue weighted by atomic mass is 10.2. The second-order valence-corrected chi connectivity index (χ2v) is 6.10. The quantitative estimate of drug-likeness (QED) is 0.900. The van der Waals surface area contributed by atoms with Crippen LogP contribution in [-0.2, 0) is 11.3 Å². The first-order chi connectivity index (χ1) is 10.6. The van der Waals surface area contributed by atoms with Crippen molar-refractivity contribution in [3.05, 3.63) is 49.7 Å². The molecule has 0 aliphatic carbocycles. The number of carbonyl (C=O) groups excluding carboxylic acids is 1. The number of hydrogen-bond acceptors (Lipinski definition) is 5. The first-order valence-corrected chi connectivity index (χ1v) is 8.02. The molecule has 0 spiro atoms. The van der Waals surface area contributed by atoms with E-state index in [0.717, 1.165) is 24.4 Å². The smallest absolute Gasteiger partial charge is 0.328 e. The Bertz CT molecular complexity index is 765. The van der Waals surface area contributed by atoms with Crippen LogP contribution in [0.5, 0.6) is 0 Å². The highest BCUT2D eigenvalue weighted by Crippen LogP contribution is 2.33. The van der Waals surface area contributed by atoms with Gasteiger partial charge in [0.2, 0.25) is 5.91 Å². The molecule has 3 heterocycles. The monoisotopic (exact) mass is 320 g/mol. The number of H-pyrrole nitrogens is 1. The molecule has 1 atom stereocenters. The second-order valence-electron chi connectivity index (χ2n) is 5.17. The molecule has 0 bridgehead atoms. The zero-order valence-corrected chi connectivity index (χ0v) is 12.7. The second kappa shape index (κ2) is 6.27. The molecular formula is C14H16N4O3S. The highest BCUT2D eigenvalue weighted by molar-refractivity contribution is 7.09. The van der Waals surface area contributed by atoms with Crippen LogP contribution in [0.1, 0.15) is 30.3 Å². The van der Waals surface area contributed by atoms with Crippen LogP contribution in [0.3, 0.4) is 0 Å². The van der Waals surface area contributed by atoms with Gasteiger partial charge in [-0.25, -0.2) is 9.78 Å². The first-order valence-electron chi connectivity index (χ1n) is 7.14. The minimum Gasteiger partial charge on any atom is -0.333 e. The molecule has 8 heteroatoms. The maximum Gasteiger partial charge on any atom is 0.328 e. The van der Waals surface area contributed by atoms with Gasteiger partial charge in [0.1, 0.15) is 5.01 Å². The Labute approximate surface area is 130 Å². The number of nitrogens with zero attached hydrogens (tertiary/aromatic N) is 3. The van der Waals surface area contributed by atoms with E-state index in [1.54, 1.807) is 17.5 Å². The van der Waals surface area contributed by atoms with Gasteiger partial charge in [-0.1, -0.05) is 0 Å². The van der Waals surface area contributed by atoms with E-state index in [4.69, 9.17) is 0 Å². The third-order valence-corrected chi connectivity index (χ3v) is 4.65. The lowest BCUT2D eigenvalue weighted by Crippen LogP contribution is -2.33. The fourth-order valence-electron chi connectivity index (χ4n) is 2.70. The van der Waals surface area contributed by atoms with Gasteiger partial charge in [0.05, 0.1) is 6.04 Å². The Morgan fingerprint density at radius 2 is 2.32 bits per heavy atom. The van der Waals surface area contributed by atoms with Crippen LogP contribution in [0, 0.1) is 0 Å². The molecule has 1 aliphatic rings. The molecule has 1 N–H and O–H groups in total. The van der Waals surface area contributed by atoms with Crippen molar-refractivity contribution in [3.63, 3.8) is 0 Å². The van der Waals surface area contributed by atoms with Crippen molar-refractivity contribution in [1.29, 1.82) is 0 Å². The fourth-order valence-corrected chi connectivity index (χ4v) is 3.49. The van der Waals surface area contributed by atoms with Gasteiger partial charge in [-0.3, -0.25) is 14.6 Å². The molecule has 2 aromatic heterocycles. The maximum absolute atomic E-state index is 12.4. The van der Waals surface area contributed by atoms with Crippen LogP contribution in [0.2, 0.25) is 0 Å². The summed E-state index contributed by atoms with van der Waals surface area (Å²) >= 11 is 1.56. The van der Waals surface area contributed by atoms with Gasteiger partial charge in [-0.15, -0.1) is 11.3 Å². The first kappa shape index (κ1) is 14.7. The third kappa shape index (κ3) is 3.01. The van der Waals surface area contributed by atoms with Crippen LogP contribution >= 0.6 is 11.3 Å². The summed E-state index contributed by atoms with van der Waals surface area (Å²) in [6.07, 6.45) is 5.29. The summed E-state index contributed by atoms with van der Waals surface area (Å²) in [6.45, 7) is 0.985. The summed E-state index contributed by atoms with van der Waals surface area (Å²) in [5.41, 5.74) is -0.922. The summed E-state index contributed by atoms with van der Waals surface area (Å²) in [7, 11) is 0. The number of rotatable bonds is 4. The zero-order chi connectivity index (χ0) is 15.5. The number of nitrogens with one attached hydrogen (secondary N) is 1. The molecule has 0 aromatic carbocycles. The Balaban J connectivity index is 1.66. The van der Waals surface area contributed by atoms with Gasteiger partial charge in [-0.2, -0.15) is 0 Å². The topological polar surface area (TPSA) is 88.1 Å². The predicted octanol–water partition coefficient (Wildman–Crippen LogP) is 0.747. The van der Waals surface area contributed by atoms with Crippen molar-refractivity contribution >= 4 is 17.2 Å². The molecule has 116 valence electrons. The molecule has 1 fully saturated rings. The normalized spacial score (nSPS) is 17.8. The van der Waals surface area contributed by atoms with Crippen LogP contribution in [0.25, 0.3) is 0 Å². The molecule has 7 nitrogen and oxygen atoms in total. The van der Waals surface area contributed by atoms with Crippen LogP contribution in [-0.4, -0.2) is 31.9 Å². The van der Waals surface area contributed by atoms with Crippen molar-refractivity contribution < 1.29 is 4.79 Å². The number of likely N-dealkylation sites (tertiary alicyclic amines) is 1. The summed E-state index contributed by atoms with van der Waals surface area (Å²) < 4.78 is 1.34. The van der Waals surface area contributed by atoms with E-state index in [2.05, 4.69) is 9.97 Å². The number of carbonyl (C=O) groups is 1. The summed E-state index contributed by atoms with van der Waals surface area (Å²) in [4.78, 5) is 43.4. The van der Waals surface area contributed by atoms with Crippen molar-refractivity contribution in [2.24, 2.45) is 0 Å². The van der Waals surface area contributed by atoms with E-state index in [-0.39, 0.29) is 24.9 Å². The van der Waals surface area contributed by atoms with Gasteiger partial charge < -0.3 is 9.47 Å². The summed E-state index contributed by atoms with van der Waals surface area (Å²) in [5, 5.41) is 2.88. The number of amides is 1. The number of aromatic nitrogens is 3. The number of aryl methyl sites for hydroxylation is 1. The average Bonchev–Trinajstić information content (AvgIpc) is 3.16. The molecule has 3 rings (SSSR count). The Kier molecular flexibility index (Phi) is 4.19. The van der Waals surface area contributed by atoms with Crippen molar-refractivity contribution in [1.82, 2.24) is 19.4 Å². The Morgan fingerprint density at radius 3 is 3.05 bits per heavy atom. The molecule has 1 aliphatic heterocycles. The van der Waals surface area contributed by atoms with Crippen molar-refractivity contribution in [2.75, 3.05) is 6.54 Å². The van der Waals surface area contributed by atoms with Crippen molar-refractivity contribution in [3.8, 4) is 0 Å². The van der Waals surface area contributed by atoms with Gasteiger partial charge in [-0.05, 0) is 12.8 Å². The molecule has 0 saturated carbocycles. The van der Waals surface area contributed by atoms with E-state index in [1.165, 1.54) is 16.8 Å². The van der Waals surface area contributed by atoms with E-state index in [1.807, 2.05) is 10.3 Å². The number of aromatic amines is 1. The number of hydrogen-bond donors (Lipinski definition) is 1. The predicted molar refractivity (Wildman–Crippen MR) is 81.7 cm³/mol. The van der Waals surface area contributed by atoms with Gasteiger partial charge in [0.25, 0.3) is 5.56 Å². The molecule has 1 amide bonds. The van der Waals surface area contributed by atoms with Gasteiger partial charge in [0.15, 0.2) is 0 Å². The standard InChI is InChI=1S/C14H16N4O3S/c19-11-3-7-17(14(21)16-11)8-4-12(20)18-6-1-2-10(18)13-15-5-9-22-13/h3,5,7,9-10H,1-2,4,6,8H2,(H,16,19,21). The Hall–Kier alpha value is -2.22. The number of thiazole rings is 1. The molecule has 22 heavy (non-hydrogen) atoms. The van der Waals surface area contributed by atoms with Crippen LogP contribution in [0.15, 0.2) is 33.4 Å². The fraction of sp³-hybridized carbons (Fsp3) is 0.429. The lowest BCUT2D eigenvalue weighted by Gasteiger charge is -2.23. The SMILES string of the molecule is O=C(CCn1ccc(=O)[nH]c1=O)N1CCCC1c1nccs1.